The predicted molar refractivity (Wildman–Crippen MR) is 137 cm³/mol. The Hall–Kier alpha value is -3.18. The topological polar surface area (TPSA) is 83.1 Å². The van der Waals surface area contributed by atoms with Gasteiger partial charge < -0.3 is 9.74 Å². The lowest BCUT2D eigenvalue weighted by Gasteiger charge is -2.41. The zero-order valence-corrected chi connectivity index (χ0v) is 22.2. The standard InChI is InChI=1S/C27H30ClF3N4O4/c1-18-4-3-13-34(16-18)22-11-14-33(15-12-22)24(36)19-7-9-20(10-8-19)25(37)35(39-26(38)27(29,30)31)17-21-5-2-6-23(28)32-21/h2,5-10,18,22H,3-4,11-17H2,1H3. The number of rotatable bonds is 5. The summed E-state index contributed by atoms with van der Waals surface area (Å²) in [6.07, 6.45) is -1.06. The van der Waals surface area contributed by atoms with Gasteiger partial charge in [0.05, 0.1) is 5.69 Å². The first kappa shape index (κ1) is 28.8. The van der Waals surface area contributed by atoms with E-state index in [1.54, 1.807) is 4.90 Å². The molecule has 1 aromatic heterocycles. The lowest BCUT2D eigenvalue weighted by molar-refractivity contribution is -0.230. The van der Waals surface area contributed by atoms with Crippen LogP contribution in [0, 0.1) is 5.92 Å². The quantitative estimate of drug-likeness (QED) is 0.384. The fourth-order valence-corrected chi connectivity index (χ4v) is 5.24. The molecule has 3 heterocycles. The number of benzene rings is 1. The van der Waals surface area contributed by atoms with Gasteiger partial charge in [-0.05, 0) is 74.5 Å². The maximum Gasteiger partial charge on any atom is 0.493 e. The van der Waals surface area contributed by atoms with Gasteiger partial charge in [-0.25, -0.2) is 9.78 Å². The van der Waals surface area contributed by atoms with Crippen LogP contribution in [-0.4, -0.2) is 76.0 Å². The van der Waals surface area contributed by atoms with Crippen molar-refractivity contribution in [3.05, 3.63) is 64.4 Å². The highest BCUT2D eigenvalue weighted by atomic mass is 35.5. The van der Waals surface area contributed by atoms with Gasteiger partial charge in [0.1, 0.15) is 11.7 Å². The molecule has 1 aromatic carbocycles. The molecular formula is C27H30ClF3N4O4. The Bertz CT molecular complexity index is 1190. The van der Waals surface area contributed by atoms with E-state index in [2.05, 4.69) is 21.6 Å². The molecular weight excluding hydrogens is 537 g/mol. The number of hydrogen-bond donors (Lipinski definition) is 0. The number of alkyl halides is 3. The molecule has 8 nitrogen and oxygen atoms in total. The van der Waals surface area contributed by atoms with E-state index in [0.29, 0.717) is 30.6 Å². The largest absolute Gasteiger partial charge is 0.493 e. The third-order valence-corrected chi connectivity index (χ3v) is 7.28. The van der Waals surface area contributed by atoms with E-state index in [0.717, 1.165) is 25.9 Å². The average Bonchev–Trinajstić information content (AvgIpc) is 2.91. The van der Waals surface area contributed by atoms with Gasteiger partial charge in [-0.15, -0.1) is 0 Å². The van der Waals surface area contributed by atoms with E-state index in [1.165, 1.54) is 55.3 Å². The molecule has 210 valence electrons. The molecule has 0 spiro atoms. The van der Waals surface area contributed by atoms with Crippen LogP contribution >= 0.6 is 11.6 Å². The van der Waals surface area contributed by atoms with E-state index >= 15 is 0 Å². The molecule has 0 saturated carbocycles. The van der Waals surface area contributed by atoms with Crippen LogP contribution in [0.25, 0.3) is 0 Å². The fraction of sp³-hybridized carbons (Fsp3) is 0.481. The lowest BCUT2D eigenvalue weighted by Crippen LogP contribution is -2.49. The van der Waals surface area contributed by atoms with Gasteiger partial charge >= 0.3 is 12.1 Å². The van der Waals surface area contributed by atoms with Gasteiger partial charge in [-0.3, -0.25) is 14.5 Å². The van der Waals surface area contributed by atoms with Crippen molar-refractivity contribution in [2.45, 2.75) is 51.4 Å². The van der Waals surface area contributed by atoms with Crippen LogP contribution in [0.1, 0.15) is 59.0 Å². The molecule has 2 aliphatic rings. The van der Waals surface area contributed by atoms with Crippen molar-refractivity contribution in [1.82, 2.24) is 19.8 Å². The Morgan fingerprint density at radius 1 is 1.03 bits per heavy atom. The molecule has 2 aliphatic heterocycles. The summed E-state index contributed by atoms with van der Waals surface area (Å²) >= 11 is 5.83. The first-order valence-electron chi connectivity index (χ1n) is 12.9. The zero-order chi connectivity index (χ0) is 28.2. The minimum Gasteiger partial charge on any atom is -0.339 e. The number of nitrogens with zero attached hydrogens (tertiary/aromatic N) is 4. The molecule has 0 radical (unpaired) electrons. The molecule has 12 heteroatoms. The lowest BCUT2D eigenvalue weighted by atomic mass is 9.95. The summed E-state index contributed by atoms with van der Waals surface area (Å²) in [5, 5.41) is 0.330. The number of likely N-dealkylation sites (tertiary alicyclic amines) is 2. The summed E-state index contributed by atoms with van der Waals surface area (Å²) in [5.74, 6) is -3.05. The van der Waals surface area contributed by atoms with Crippen molar-refractivity contribution < 1.29 is 32.4 Å². The second-order valence-electron chi connectivity index (χ2n) is 10.0. The first-order valence-corrected chi connectivity index (χ1v) is 13.2. The number of piperidine rings is 2. The van der Waals surface area contributed by atoms with Crippen molar-refractivity contribution in [2.75, 3.05) is 26.2 Å². The number of halogens is 4. The highest BCUT2D eigenvalue weighted by molar-refractivity contribution is 6.29. The molecule has 1 atom stereocenters. The minimum absolute atomic E-state index is 0.0550. The molecule has 0 bridgehead atoms. The van der Waals surface area contributed by atoms with Gasteiger partial charge in [0.2, 0.25) is 0 Å². The first-order chi connectivity index (χ1) is 18.5. The fourth-order valence-electron chi connectivity index (χ4n) is 5.06. The maximum atomic E-state index is 13.1. The van der Waals surface area contributed by atoms with Crippen LogP contribution in [0.3, 0.4) is 0 Å². The van der Waals surface area contributed by atoms with Gasteiger partial charge in [0, 0.05) is 36.8 Å². The van der Waals surface area contributed by atoms with Crippen LogP contribution < -0.4 is 0 Å². The molecule has 2 amide bonds. The zero-order valence-electron chi connectivity index (χ0n) is 21.5. The number of hydroxylamine groups is 2. The van der Waals surface area contributed by atoms with Crippen molar-refractivity contribution in [3.63, 3.8) is 0 Å². The minimum atomic E-state index is -5.31. The summed E-state index contributed by atoms with van der Waals surface area (Å²) in [6.45, 7) is 5.16. The normalized spacial score (nSPS) is 19.0. The second-order valence-corrected chi connectivity index (χ2v) is 10.4. The van der Waals surface area contributed by atoms with Crippen molar-refractivity contribution in [3.8, 4) is 0 Å². The smallest absolute Gasteiger partial charge is 0.339 e. The van der Waals surface area contributed by atoms with Crippen LogP contribution in [0.5, 0.6) is 0 Å². The summed E-state index contributed by atoms with van der Waals surface area (Å²) in [4.78, 5) is 50.2. The highest BCUT2D eigenvalue weighted by Gasteiger charge is 2.43. The molecule has 4 rings (SSSR count). The molecule has 2 fully saturated rings. The van der Waals surface area contributed by atoms with Crippen molar-refractivity contribution >= 4 is 29.4 Å². The molecule has 2 aromatic rings. The van der Waals surface area contributed by atoms with Gasteiger partial charge in [0.25, 0.3) is 11.8 Å². The van der Waals surface area contributed by atoms with Crippen LogP contribution in [-0.2, 0) is 16.2 Å². The Morgan fingerprint density at radius 3 is 2.31 bits per heavy atom. The SMILES string of the molecule is CC1CCCN(C2CCN(C(=O)c3ccc(C(=O)N(Cc4cccc(Cl)n4)OC(=O)C(F)(F)F)cc3)CC2)C1. The molecule has 0 aliphatic carbocycles. The van der Waals surface area contributed by atoms with Crippen LogP contribution in [0.15, 0.2) is 42.5 Å². The van der Waals surface area contributed by atoms with E-state index in [9.17, 15) is 27.6 Å². The average molecular weight is 567 g/mol. The van der Waals surface area contributed by atoms with Gasteiger partial charge in [-0.1, -0.05) is 24.6 Å². The number of amides is 2. The van der Waals surface area contributed by atoms with E-state index in [4.69, 9.17) is 11.6 Å². The molecule has 39 heavy (non-hydrogen) atoms. The van der Waals surface area contributed by atoms with Crippen LogP contribution in [0.4, 0.5) is 13.2 Å². The Labute approximate surface area is 229 Å². The third kappa shape index (κ3) is 7.48. The van der Waals surface area contributed by atoms with Crippen molar-refractivity contribution in [2.24, 2.45) is 5.92 Å². The van der Waals surface area contributed by atoms with Crippen LogP contribution in [0.2, 0.25) is 5.15 Å². The number of aromatic nitrogens is 1. The number of carbonyl (C=O) groups is 3. The summed E-state index contributed by atoms with van der Waals surface area (Å²) < 4.78 is 38.5. The summed E-state index contributed by atoms with van der Waals surface area (Å²) in [7, 11) is 0. The second kappa shape index (κ2) is 12.3. The molecule has 0 N–H and O–H groups in total. The van der Waals surface area contributed by atoms with E-state index in [-0.39, 0.29) is 27.4 Å². The predicted octanol–water partition coefficient (Wildman–Crippen LogP) is 4.73. The summed E-state index contributed by atoms with van der Waals surface area (Å²) in [5.41, 5.74) is 0.397. The highest BCUT2D eigenvalue weighted by Crippen LogP contribution is 2.25. The summed E-state index contributed by atoms with van der Waals surface area (Å²) in [6, 6.07) is 10.3. The Balaban J connectivity index is 1.41. The van der Waals surface area contributed by atoms with E-state index < -0.39 is 24.6 Å². The number of pyridine rings is 1. The molecule has 2 saturated heterocycles. The number of hydrogen-bond acceptors (Lipinski definition) is 6. The van der Waals surface area contributed by atoms with Gasteiger partial charge in [0.15, 0.2) is 0 Å². The number of carbonyl (C=O) groups excluding carboxylic acids is 3. The van der Waals surface area contributed by atoms with E-state index in [1.807, 2.05) is 0 Å². The van der Waals surface area contributed by atoms with Gasteiger partial charge in [-0.2, -0.15) is 18.2 Å². The monoisotopic (exact) mass is 566 g/mol. The Morgan fingerprint density at radius 2 is 1.69 bits per heavy atom. The molecule has 1 unspecified atom stereocenters. The Kier molecular flexibility index (Phi) is 9.12. The third-order valence-electron chi connectivity index (χ3n) is 7.06. The maximum absolute atomic E-state index is 13.1. The van der Waals surface area contributed by atoms with Crippen molar-refractivity contribution in [1.29, 1.82) is 0 Å².